The SMILES string of the molecule is Cc1nc(COc2ccccc2)ncc1[C@H](C)O. The van der Waals surface area contributed by atoms with E-state index in [1.807, 2.05) is 37.3 Å². The van der Waals surface area contributed by atoms with Crippen LogP contribution in [0.3, 0.4) is 0 Å². The highest BCUT2D eigenvalue weighted by Crippen LogP contribution is 2.15. The van der Waals surface area contributed by atoms with Crippen molar-refractivity contribution in [2.45, 2.75) is 26.6 Å². The highest BCUT2D eigenvalue weighted by atomic mass is 16.5. The Morgan fingerprint density at radius 3 is 2.61 bits per heavy atom. The number of aryl methyl sites for hydroxylation is 1. The van der Waals surface area contributed by atoms with Gasteiger partial charge in [-0.3, -0.25) is 0 Å². The second-order valence-electron chi connectivity index (χ2n) is 4.10. The topological polar surface area (TPSA) is 55.2 Å². The largest absolute Gasteiger partial charge is 0.486 e. The molecule has 0 aliphatic carbocycles. The molecule has 0 aliphatic heterocycles. The van der Waals surface area contributed by atoms with Gasteiger partial charge in [0.2, 0.25) is 0 Å². The molecule has 4 heteroatoms. The van der Waals surface area contributed by atoms with Gasteiger partial charge in [0.25, 0.3) is 0 Å². The lowest BCUT2D eigenvalue weighted by Crippen LogP contribution is -2.06. The number of benzene rings is 1. The molecule has 0 bridgehead atoms. The predicted octanol–water partition coefficient (Wildman–Crippen LogP) is 2.42. The summed E-state index contributed by atoms with van der Waals surface area (Å²) in [5.74, 6) is 1.40. The Morgan fingerprint density at radius 2 is 2.00 bits per heavy atom. The summed E-state index contributed by atoms with van der Waals surface area (Å²) in [5, 5.41) is 9.49. The third kappa shape index (κ3) is 3.05. The first-order chi connectivity index (χ1) is 8.66. The monoisotopic (exact) mass is 244 g/mol. The molecule has 2 rings (SSSR count). The maximum Gasteiger partial charge on any atom is 0.166 e. The normalized spacial score (nSPS) is 12.2. The van der Waals surface area contributed by atoms with Crippen LogP contribution in [0.15, 0.2) is 36.5 Å². The number of rotatable bonds is 4. The van der Waals surface area contributed by atoms with Crippen LogP contribution < -0.4 is 4.74 Å². The molecule has 2 aromatic rings. The minimum Gasteiger partial charge on any atom is -0.486 e. The van der Waals surface area contributed by atoms with Crippen molar-refractivity contribution in [2.24, 2.45) is 0 Å². The molecule has 1 atom stereocenters. The fraction of sp³-hybridized carbons (Fsp3) is 0.286. The first-order valence-electron chi connectivity index (χ1n) is 5.85. The fourth-order valence-corrected chi connectivity index (χ4v) is 1.67. The van der Waals surface area contributed by atoms with Gasteiger partial charge in [-0.25, -0.2) is 9.97 Å². The Labute approximate surface area is 106 Å². The summed E-state index contributed by atoms with van der Waals surface area (Å²) in [6, 6.07) is 9.54. The number of aliphatic hydroxyl groups excluding tert-OH is 1. The van der Waals surface area contributed by atoms with E-state index in [0.29, 0.717) is 12.4 Å². The van der Waals surface area contributed by atoms with Crippen LogP contribution in [0.1, 0.15) is 30.1 Å². The number of hydrogen-bond donors (Lipinski definition) is 1. The molecular weight excluding hydrogens is 228 g/mol. The Hall–Kier alpha value is -1.94. The predicted molar refractivity (Wildman–Crippen MR) is 68.2 cm³/mol. The Morgan fingerprint density at radius 1 is 1.28 bits per heavy atom. The molecule has 0 saturated carbocycles. The molecular formula is C14H16N2O2. The van der Waals surface area contributed by atoms with Crippen molar-refractivity contribution in [1.82, 2.24) is 9.97 Å². The maximum atomic E-state index is 9.49. The van der Waals surface area contributed by atoms with E-state index >= 15 is 0 Å². The number of ether oxygens (including phenoxy) is 1. The van der Waals surface area contributed by atoms with Crippen molar-refractivity contribution >= 4 is 0 Å². The molecule has 0 spiro atoms. The van der Waals surface area contributed by atoms with Gasteiger partial charge in [0.15, 0.2) is 5.82 Å². The Balaban J connectivity index is 2.05. The smallest absolute Gasteiger partial charge is 0.166 e. The highest BCUT2D eigenvalue weighted by Gasteiger charge is 2.08. The van der Waals surface area contributed by atoms with Crippen LogP contribution in [0, 0.1) is 6.92 Å². The minimum atomic E-state index is -0.547. The molecule has 0 aliphatic rings. The minimum absolute atomic E-state index is 0.324. The molecule has 1 aromatic heterocycles. The van der Waals surface area contributed by atoms with Crippen LogP contribution in [0.5, 0.6) is 5.75 Å². The highest BCUT2D eigenvalue weighted by molar-refractivity contribution is 5.21. The molecule has 0 amide bonds. The molecule has 0 unspecified atom stereocenters. The standard InChI is InChI=1S/C14H16N2O2/c1-10-13(11(2)17)8-15-14(16-10)9-18-12-6-4-3-5-7-12/h3-8,11,17H,9H2,1-2H3/t11-/m0/s1. The number of hydrogen-bond acceptors (Lipinski definition) is 4. The molecule has 0 fully saturated rings. The molecule has 4 nitrogen and oxygen atoms in total. The fourth-order valence-electron chi connectivity index (χ4n) is 1.67. The van der Waals surface area contributed by atoms with E-state index in [1.54, 1.807) is 13.1 Å². The molecule has 1 heterocycles. The van der Waals surface area contributed by atoms with Crippen LogP contribution in [0.4, 0.5) is 0 Å². The first-order valence-corrected chi connectivity index (χ1v) is 5.85. The van der Waals surface area contributed by atoms with Gasteiger partial charge in [-0.1, -0.05) is 18.2 Å². The van der Waals surface area contributed by atoms with Gasteiger partial charge in [0.05, 0.1) is 6.10 Å². The summed E-state index contributed by atoms with van der Waals surface area (Å²) in [6.07, 6.45) is 1.10. The lowest BCUT2D eigenvalue weighted by Gasteiger charge is -2.09. The lowest BCUT2D eigenvalue weighted by atomic mass is 10.1. The van der Waals surface area contributed by atoms with Gasteiger partial charge >= 0.3 is 0 Å². The summed E-state index contributed by atoms with van der Waals surface area (Å²) in [6.45, 7) is 3.88. The second kappa shape index (κ2) is 5.60. The van der Waals surface area contributed by atoms with Crippen molar-refractivity contribution in [1.29, 1.82) is 0 Å². The number of para-hydroxylation sites is 1. The van der Waals surface area contributed by atoms with E-state index < -0.39 is 6.10 Å². The molecule has 1 aromatic carbocycles. The van der Waals surface area contributed by atoms with Gasteiger partial charge in [0.1, 0.15) is 12.4 Å². The van der Waals surface area contributed by atoms with Gasteiger partial charge in [0, 0.05) is 17.5 Å². The third-order valence-corrected chi connectivity index (χ3v) is 2.63. The first kappa shape index (κ1) is 12.5. The number of aromatic nitrogens is 2. The van der Waals surface area contributed by atoms with Gasteiger partial charge in [-0.05, 0) is 26.0 Å². The summed E-state index contributed by atoms with van der Waals surface area (Å²) in [7, 11) is 0. The third-order valence-electron chi connectivity index (χ3n) is 2.63. The van der Waals surface area contributed by atoms with Crippen LogP contribution in [0.2, 0.25) is 0 Å². The molecule has 94 valence electrons. The second-order valence-corrected chi connectivity index (χ2v) is 4.10. The zero-order chi connectivity index (χ0) is 13.0. The van der Waals surface area contributed by atoms with Crippen molar-refractivity contribution < 1.29 is 9.84 Å². The van der Waals surface area contributed by atoms with Crippen molar-refractivity contribution in [3.05, 3.63) is 53.6 Å². The van der Waals surface area contributed by atoms with Crippen molar-refractivity contribution in [3.8, 4) is 5.75 Å². The van der Waals surface area contributed by atoms with Crippen LogP contribution in [-0.4, -0.2) is 15.1 Å². The van der Waals surface area contributed by atoms with E-state index in [4.69, 9.17) is 4.74 Å². The molecule has 18 heavy (non-hydrogen) atoms. The molecule has 1 N–H and O–H groups in total. The van der Waals surface area contributed by atoms with E-state index in [-0.39, 0.29) is 0 Å². The van der Waals surface area contributed by atoms with Gasteiger partial charge in [-0.15, -0.1) is 0 Å². The van der Waals surface area contributed by atoms with Crippen LogP contribution in [0.25, 0.3) is 0 Å². The van der Waals surface area contributed by atoms with Crippen molar-refractivity contribution in [2.75, 3.05) is 0 Å². The number of nitrogens with zero attached hydrogens (tertiary/aromatic N) is 2. The quantitative estimate of drug-likeness (QED) is 0.897. The van der Waals surface area contributed by atoms with Crippen molar-refractivity contribution in [3.63, 3.8) is 0 Å². The average Bonchev–Trinajstić information content (AvgIpc) is 2.37. The van der Waals surface area contributed by atoms with Gasteiger partial charge < -0.3 is 9.84 Å². The van der Waals surface area contributed by atoms with Gasteiger partial charge in [-0.2, -0.15) is 0 Å². The van der Waals surface area contributed by atoms with E-state index in [1.165, 1.54) is 0 Å². The summed E-state index contributed by atoms with van der Waals surface area (Å²) >= 11 is 0. The zero-order valence-electron chi connectivity index (χ0n) is 10.5. The lowest BCUT2D eigenvalue weighted by molar-refractivity contribution is 0.197. The van der Waals surface area contributed by atoms with E-state index in [2.05, 4.69) is 9.97 Å². The Kier molecular flexibility index (Phi) is 3.89. The van der Waals surface area contributed by atoms with Crippen LogP contribution in [-0.2, 0) is 6.61 Å². The summed E-state index contributed by atoms with van der Waals surface area (Å²) in [4.78, 5) is 8.49. The zero-order valence-corrected chi connectivity index (χ0v) is 10.5. The molecule has 0 saturated heterocycles. The summed E-state index contributed by atoms with van der Waals surface area (Å²) in [5.41, 5.74) is 1.53. The molecule has 0 radical (unpaired) electrons. The van der Waals surface area contributed by atoms with E-state index in [0.717, 1.165) is 17.0 Å². The Bertz CT molecular complexity index is 512. The number of aliphatic hydroxyl groups is 1. The average molecular weight is 244 g/mol. The maximum absolute atomic E-state index is 9.49. The summed E-state index contributed by atoms with van der Waals surface area (Å²) < 4.78 is 5.56. The van der Waals surface area contributed by atoms with E-state index in [9.17, 15) is 5.11 Å². The van der Waals surface area contributed by atoms with Crippen LogP contribution >= 0.6 is 0 Å².